The molecule has 0 aliphatic heterocycles. The van der Waals surface area contributed by atoms with E-state index in [1.54, 1.807) is 6.07 Å². The minimum atomic E-state index is -0.890. The van der Waals surface area contributed by atoms with Crippen LogP contribution in [-0.4, -0.2) is 24.5 Å². The Bertz CT molecular complexity index is 1010. The van der Waals surface area contributed by atoms with Crippen molar-refractivity contribution in [2.75, 3.05) is 6.61 Å². The first-order valence-corrected chi connectivity index (χ1v) is 9.77. The van der Waals surface area contributed by atoms with Crippen molar-refractivity contribution in [1.29, 1.82) is 0 Å². The van der Waals surface area contributed by atoms with Crippen molar-refractivity contribution in [3.8, 4) is 11.5 Å². The normalized spacial score (nSPS) is 11.3. The summed E-state index contributed by atoms with van der Waals surface area (Å²) in [5.74, 6) is -0.532. The molecule has 2 N–H and O–H groups in total. The largest absolute Gasteiger partial charge is 0.483 e. The first-order chi connectivity index (χ1) is 15.0. The van der Waals surface area contributed by atoms with Gasteiger partial charge >= 0.3 is 0 Å². The molecule has 7 heteroatoms. The van der Waals surface area contributed by atoms with E-state index >= 15 is 0 Å². The summed E-state index contributed by atoms with van der Waals surface area (Å²) in [5, 5.41) is 0. The van der Waals surface area contributed by atoms with Gasteiger partial charge in [0, 0.05) is 6.42 Å². The van der Waals surface area contributed by atoms with E-state index in [1.165, 1.54) is 31.2 Å². The number of halogens is 1. The van der Waals surface area contributed by atoms with Gasteiger partial charge in [-0.1, -0.05) is 48.5 Å². The van der Waals surface area contributed by atoms with Crippen LogP contribution in [0, 0.1) is 5.82 Å². The third-order valence-corrected chi connectivity index (χ3v) is 4.39. The zero-order valence-electron chi connectivity index (χ0n) is 17.0. The van der Waals surface area contributed by atoms with Gasteiger partial charge in [-0.2, -0.15) is 0 Å². The molecule has 0 heterocycles. The summed E-state index contributed by atoms with van der Waals surface area (Å²) in [6, 6.07) is 22.7. The molecular formula is C24H23FN2O4. The van der Waals surface area contributed by atoms with Gasteiger partial charge in [0.05, 0.1) is 0 Å². The van der Waals surface area contributed by atoms with E-state index in [9.17, 15) is 14.0 Å². The van der Waals surface area contributed by atoms with Crippen LogP contribution in [0.15, 0.2) is 78.9 Å². The molecule has 0 saturated carbocycles. The van der Waals surface area contributed by atoms with Crippen molar-refractivity contribution < 1.29 is 23.5 Å². The number of para-hydroxylation sites is 1. The Balaban J connectivity index is 1.46. The molecule has 2 amide bonds. The van der Waals surface area contributed by atoms with Crippen LogP contribution in [0.1, 0.15) is 18.1 Å². The van der Waals surface area contributed by atoms with E-state index in [0.717, 1.165) is 11.1 Å². The van der Waals surface area contributed by atoms with Crippen LogP contribution in [0.25, 0.3) is 0 Å². The molecule has 3 aromatic carbocycles. The van der Waals surface area contributed by atoms with E-state index in [0.29, 0.717) is 17.9 Å². The average molecular weight is 422 g/mol. The minimum absolute atomic E-state index is 0.265. The lowest BCUT2D eigenvalue weighted by Crippen LogP contribution is -2.48. The molecule has 0 aromatic heterocycles. The molecular weight excluding hydrogens is 399 g/mol. The third-order valence-electron chi connectivity index (χ3n) is 4.39. The molecule has 0 aliphatic rings. The Kier molecular flexibility index (Phi) is 7.59. The zero-order valence-corrected chi connectivity index (χ0v) is 17.0. The highest BCUT2D eigenvalue weighted by atomic mass is 19.1. The summed E-state index contributed by atoms with van der Waals surface area (Å²) in [6.45, 7) is 1.25. The number of hydrogen-bond acceptors (Lipinski definition) is 4. The lowest BCUT2D eigenvalue weighted by Gasteiger charge is -2.15. The maximum Gasteiger partial charge on any atom is 0.279 e. The van der Waals surface area contributed by atoms with E-state index < -0.39 is 23.7 Å². The van der Waals surface area contributed by atoms with Gasteiger partial charge < -0.3 is 9.47 Å². The van der Waals surface area contributed by atoms with Crippen LogP contribution in [0.4, 0.5) is 4.39 Å². The van der Waals surface area contributed by atoms with Crippen LogP contribution >= 0.6 is 0 Å². The highest BCUT2D eigenvalue weighted by Crippen LogP contribution is 2.21. The average Bonchev–Trinajstić information content (AvgIpc) is 2.79. The van der Waals surface area contributed by atoms with Crippen molar-refractivity contribution in [1.82, 2.24) is 10.9 Å². The van der Waals surface area contributed by atoms with E-state index in [-0.39, 0.29) is 6.61 Å². The Morgan fingerprint density at radius 2 is 1.58 bits per heavy atom. The van der Waals surface area contributed by atoms with Gasteiger partial charge in [-0.25, -0.2) is 4.39 Å². The SMILES string of the molecule is C[C@@H](Oc1ccc(F)cc1)C(=O)NNC(=O)COc1ccccc1Cc1ccccc1. The smallest absolute Gasteiger partial charge is 0.279 e. The summed E-state index contributed by atoms with van der Waals surface area (Å²) in [5.41, 5.74) is 6.66. The fourth-order valence-electron chi connectivity index (χ4n) is 2.79. The quantitative estimate of drug-likeness (QED) is 0.546. The number of hydrogen-bond donors (Lipinski definition) is 2. The Morgan fingerprint density at radius 3 is 2.32 bits per heavy atom. The second-order valence-electron chi connectivity index (χ2n) is 6.81. The Morgan fingerprint density at radius 1 is 0.903 bits per heavy atom. The number of rotatable bonds is 8. The number of amides is 2. The number of carbonyl (C=O) groups is 2. The zero-order chi connectivity index (χ0) is 22.1. The fraction of sp³-hybridized carbons (Fsp3) is 0.167. The van der Waals surface area contributed by atoms with Crippen LogP contribution < -0.4 is 20.3 Å². The van der Waals surface area contributed by atoms with Crippen molar-refractivity contribution in [2.24, 2.45) is 0 Å². The summed E-state index contributed by atoms with van der Waals surface area (Å²) < 4.78 is 24.0. The molecule has 31 heavy (non-hydrogen) atoms. The van der Waals surface area contributed by atoms with E-state index in [1.807, 2.05) is 48.5 Å². The second-order valence-corrected chi connectivity index (χ2v) is 6.81. The molecule has 3 aromatic rings. The molecule has 3 rings (SSSR count). The molecule has 0 unspecified atom stereocenters. The molecule has 0 bridgehead atoms. The molecule has 0 saturated heterocycles. The maximum atomic E-state index is 12.9. The highest BCUT2D eigenvalue weighted by Gasteiger charge is 2.16. The predicted molar refractivity (Wildman–Crippen MR) is 114 cm³/mol. The number of nitrogens with one attached hydrogen (secondary N) is 2. The van der Waals surface area contributed by atoms with Gasteiger partial charge in [0.2, 0.25) is 0 Å². The van der Waals surface area contributed by atoms with Gasteiger partial charge in [0.1, 0.15) is 17.3 Å². The monoisotopic (exact) mass is 422 g/mol. The summed E-state index contributed by atoms with van der Waals surface area (Å²) in [4.78, 5) is 24.2. The van der Waals surface area contributed by atoms with Crippen LogP contribution in [0.3, 0.4) is 0 Å². The van der Waals surface area contributed by atoms with Crippen LogP contribution in [0.5, 0.6) is 11.5 Å². The van der Waals surface area contributed by atoms with Gasteiger partial charge in [0.15, 0.2) is 12.7 Å². The number of hydrazine groups is 1. The Labute approximate surface area is 180 Å². The van der Waals surface area contributed by atoms with Gasteiger partial charge in [0.25, 0.3) is 11.8 Å². The van der Waals surface area contributed by atoms with Crippen LogP contribution in [-0.2, 0) is 16.0 Å². The third kappa shape index (κ3) is 6.85. The summed E-state index contributed by atoms with van der Waals surface area (Å²) in [6.07, 6.45) is -0.216. The van der Waals surface area contributed by atoms with Crippen molar-refractivity contribution in [2.45, 2.75) is 19.4 Å². The maximum absolute atomic E-state index is 12.9. The lowest BCUT2D eigenvalue weighted by atomic mass is 10.0. The number of carbonyl (C=O) groups excluding carboxylic acids is 2. The van der Waals surface area contributed by atoms with Gasteiger partial charge in [-0.15, -0.1) is 0 Å². The van der Waals surface area contributed by atoms with E-state index in [2.05, 4.69) is 10.9 Å². The molecule has 0 radical (unpaired) electrons. The first-order valence-electron chi connectivity index (χ1n) is 9.77. The van der Waals surface area contributed by atoms with Crippen molar-refractivity contribution >= 4 is 11.8 Å². The van der Waals surface area contributed by atoms with Crippen molar-refractivity contribution in [3.05, 3.63) is 95.8 Å². The lowest BCUT2D eigenvalue weighted by molar-refractivity contribution is -0.133. The molecule has 6 nitrogen and oxygen atoms in total. The van der Waals surface area contributed by atoms with Crippen molar-refractivity contribution in [3.63, 3.8) is 0 Å². The predicted octanol–water partition coefficient (Wildman–Crippen LogP) is 3.41. The summed E-state index contributed by atoms with van der Waals surface area (Å²) >= 11 is 0. The number of ether oxygens (including phenoxy) is 2. The fourth-order valence-corrected chi connectivity index (χ4v) is 2.79. The van der Waals surface area contributed by atoms with Gasteiger partial charge in [-0.3, -0.25) is 20.4 Å². The molecule has 0 fully saturated rings. The Hall–Kier alpha value is -3.87. The second kappa shape index (κ2) is 10.8. The van der Waals surface area contributed by atoms with Crippen LogP contribution in [0.2, 0.25) is 0 Å². The first kappa shape index (κ1) is 21.8. The van der Waals surface area contributed by atoms with Gasteiger partial charge in [-0.05, 0) is 48.4 Å². The number of benzene rings is 3. The molecule has 0 aliphatic carbocycles. The van der Waals surface area contributed by atoms with E-state index in [4.69, 9.17) is 9.47 Å². The summed E-state index contributed by atoms with van der Waals surface area (Å²) in [7, 11) is 0. The standard InChI is InChI=1S/C24H23FN2O4/c1-17(31-21-13-11-20(25)12-14-21)24(29)27-26-23(28)16-30-22-10-6-5-9-19(22)15-18-7-3-2-4-8-18/h2-14,17H,15-16H2,1H3,(H,26,28)(H,27,29)/t17-/m1/s1. The molecule has 0 spiro atoms. The molecule has 160 valence electrons. The molecule has 1 atom stereocenters. The highest BCUT2D eigenvalue weighted by molar-refractivity contribution is 5.85. The topological polar surface area (TPSA) is 76.7 Å². The minimum Gasteiger partial charge on any atom is -0.483 e.